The molecule has 0 saturated heterocycles. The number of hydrogen-bond donors (Lipinski definition) is 0. The third-order valence-corrected chi connectivity index (χ3v) is 8.93. The van der Waals surface area contributed by atoms with Crippen LogP contribution in [0.1, 0.15) is 213 Å². The maximum absolute atomic E-state index is 12.6. The van der Waals surface area contributed by atoms with Crippen LogP contribution >= 0.6 is 0 Å². The molecule has 49 heavy (non-hydrogen) atoms. The molecule has 286 valence electrons. The van der Waals surface area contributed by atoms with Gasteiger partial charge in [-0.3, -0.25) is 14.4 Å². The molecule has 0 amide bonds. The predicted molar refractivity (Wildman–Crippen MR) is 206 cm³/mol. The Morgan fingerprint density at radius 1 is 0.388 bits per heavy atom. The third kappa shape index (κ3) is 37.0. The zero-order valence-electron chi connectivity index (χ0n) is 32.5. The van der Waals surface area contributed by atoms with Crippen LogP contribution in [0.3, 0.4) is 0 Å². The Bertz CT molecular complexity index is 804. The average Bonchev–Trinajstić information content (AvgIpc) is 3.10. The Hall–Kier alpha value is -2.11. The van der Waals surface area contributed by atoms with E-state index in [9.17, 15) is 14.4 Å². The smallest absolute Gasteiger partial charge is 0.306 e. The van der Waals surface area contributed by atoms with Crippen molar-refractivity contribution >= 4 is 17.9 Å². The van der Waals surface area contributed by atoms with E-state index < -0.39 is 6.10 Å². The number of carbonyl (C=O) groups is 3. The maximum atomic E-state index is 12.6. The van der Waals surface area contributed by atoms with Crippen molar-refractivity contribution in [2.24, 2.45) is 0 Å². The van der Waals surface area contributed by atoms with Crippen LogP contribution < -0.4 is 0 Å². The molecule has 0 aliphatic rings. The summed E-state index contributed by atoms with van der Waals surface area (Å²) in [5, 5.41) is 0. The average molecular weight is 691 g/mol. The summed E-state index contributed by atoms with van der Waals surface area (Å²) in [6.45, 7) is 6.52. The quantitative estimate of drug-likeness (QED) is 0.0279. The Morgan fingerprint density at radius 3 is 1.12 bits per heavy atom. The molecular formula is C43H78O6. The Morgan fingerprint density at radius 2 is 0.694 bits per heavy atom. The summed E-state index contributed by atoms with van der Waals surface area (Å²) >= 11 is 0. The van der Waals surface area contributed by atoms with Crippen LogP contribution in [0.4, 0.5) is 0 Å². The van der Waals surface area contributed by atoms with Gasteiger partial charge >= 0.3 is 17.9 Å². The second-order valence-electron chi connectivity index (χ2n) is 13.9. The van der Waals surface area contributed by atoms with Crippen LogP contribution in [0, 0.1) is 0 Å². The molecule has 0 aliphatic heterocycles. The van der Waals surface area contributed by atoms with Gasteiger partial charge in [0.25, 0.3) is 0 Å². The number of esters is 3. The van der Waals surface area contributed by atoms with Crippen molar-refractivity contribution in [2.75, 3.05) is 13.2 Å². The van der Waals surface area contributed by atoms with E-state index in [0.29, 0.717) is 19.3 Å². The molecule has 0 aromatic rings. The molecule has 0 saturated carbocycles. The largest absolute Gasteiger partial charge is 0.462 e. The molecule has 0 aromatic carbocycles. The molecule has 1 atom stereocenters. The number of carbonyl (C=O) groups excluding carboxylic acids is 3. The topological polar surface area (TPSA) is 78.9 Å². The minimum Gasteiger partial charge on any atom is -0.462 e. The highest BCUT2D eigenvalue weighted by molar-refractivity contribution is 5.71. The minimum absolute atomic E-state index is 0.0767. The minimum atomic E-state index is -0.771. The second-order valence-corrected chi connectivity index (χ2v) is 13.9. The second kappa shape index (κ2) is 38.7. The lowest BCUT2D eigenvalue weighted by molar-refractivity contribution is -0.167. The van der Waals surface area contributed by atoms with Gasteiger partial charge in [0.05, 0.1) is 0 Å². The number of unbranched alkanes of at least 4 members (excludes halogenated alkanes) is 22. The third-order valence-electron chi connectivity index (χ3n) is 8.93. The number of allylic oxidation sites excluding steroid dienone is 4. The molecule has 6 heteroatoms. The van der Waals surface area contributed by atoms with E-state index in [4.69, 9.17) is 14.2 Å². The van der Waals surface area contributed by atoms with Gasteiger partial charge < -0.3 is 14.2 Å². The van der Waals surface area contributed by atoms with E-state index in [-0.39, 0.29) is 31.1 Å². The van der Waals surface area contributed by atoms with E-state index in [1.807, 2.05) is 0 Å². The molecule has 0 aromatic heterocycles. The van der Waals surface area contributed by atoms with E-state index in [1.54, 1.807) is 0 Å². The van der Waals surface area contributed by atoms with E-state index >= 15 is 0 Å². The van der Waals surface area contributed by atoms with Gasteiger partial charge in [0.2, 0.25) is 0 Å². The Balaban J connectivity index is 4.38. The summed E-state index contributed by atoms with van der Waals surface area (Å²) < 4.78 is 16.6. The van der Waals surface area contributed by atoms with Crippen molar-refractivity contribution in [1.82, 2.24) is 0 Å². The lowest BCUT2D eigenvalue weighted by Gasteiger charge is -2.18. The SMILES string of the molecule is CCCC/C=C\CCCCCCC(=O)OC(COC(=O)CCCCCCC/C=C\CCCCC)COC(=O)CCCCCCCCCCC. The van der Waals surface area contributed by atoms with Crippen LogP contribution in [-0.2, 0) is 28.6 Å². The summed E-state index contributed by atoms with van der Waals surface area (Å²) in [5.74, 6) is -0.904. The molecule has 0 fully saturated rings. The Kier molecular flexibility index (Phi) is 37.0. The highest BCUT2D eigenvalue weighted by atomic mass is 16.6. The first-order valence-corrected chi connectivity index (χ1v) is 20.8. The van der Waals surface area contributed by atoms with Crippen molar-refractivity contribution < 1.29 is 28.6 Å². The van der Waals surface area contributed by atoms with Gasteiger partial charge in [-0.1, -0.05) is 154 Å². The fourth-order valence-electron chi connectivity index (χ4n) is 5.71. The summed E-state index contributed by atoms with van der Waals surface area (Å²) in [6.07, 6.45) is 40.2. The highest BCUT2D eigenvalue weighted by Crippen LogP contribution is 2.13. The lowest BCUT2D eigenvalue weighted by atomic mass is 10.1. The van der Waals surface area contributed by atoms with Crippen LogP contribution in [0.5, 0.6) is 0 Å². The van der Waals surface area contributed by atoms with Gasteiger partial charge in [-0.2, -0.15) is 0 Å². The van der Waals surface area contributed by atoms with Crippen molar-refractivity contribution in [3.63, 3.8) is 0 Å². The molecule has 1 unspecified atom stereocenters. The molecule has 0 rings (SSSR count). The van der Waals surface area contributed by atoms with Crippen molar-refractivity contribution in [1.29, 1.82) is 0 Å². The first-order valence-electron chi connectivity index (χ1n) is 20.8. The summed E-state index contributed by atoms with van der Waals surface area (Å²) in [4.78, 5) is 37.5. The number of hydrogen-bond acceptors (Lipinski definition) is 6. The van der Waals surface area contributed by atoms with Gasteiger partial charge in [0.15, 0.2) is 6.10 Å². The lowest BCUT2D eigenvalue weighted by Crippen LogP contribution is -2.30. The van der Waals surface area contributed by atoms with Crippen molar-refractivity contribution in [3.05, 3.63) is 24.3 Å². The van der Waals surface area contributed by atoms with Crippen LogP contribution in [0.25, 0.3) is 0 Å². The van der Waals surface area contributed by atoms with E-state index in [1.165, 1.54) is 89.9 Å². The standard InChI is InChI=1S/C43H78O6/c1-4-7-10-13-16-19-21-22-25-27-30-33-36-42(45)48-39-40(38-47-41(44)35-32-29-26-23-18-15-12-9-6-3)49-43(46)37-34-31-28-24-20-17-14-11-8-5-2/h14,16-17,19,40H,4-13,15,18,20-39H2,1-3H3/b17-14-,19-16-. The van der Waals surface area contributed by atoms with Crippen LogP contribution in [0.15, 0.2) is 24.3 Å². The van der Waals surface area contributed by atoms with E-state index in [2.05, 4.69) is 45.1 Å². The van der Waals surface area contributed by atoms with Crippen LogP contribution in [0.2, 0.25) is 0 Å². The molecule has 0 aliphatic carbocycles. The monoisotopic (exact) mass is 691 g/mol. The van der Waals surface area contributed by atoms with Gasteiger partial charge in [0.1, 0.15) is 13.2 Å². The molecule has 0 spiro atoms. The van der Waals surface area contributed by atoms with Gasteiger partial charge in [-0.15, -0.1) is 0 Å². The van der Waals surface area contributed by atoms with E-state index in [0.717, 1.165) is 83.5 Å². The molecule has 0 bridgehead atoms. The zero-order chi connectivity index (χ0) is 35.9. The summed E-state index contributed by atoms with van der Waals surface area (Å²) in [6, 6.07) is 0. The zero-order valence-corrected chi connectivity index (χ0v) is 32.5. The fourth-order valence-corrected chi connectivity index (χ4v) is 5.71. The number of ether oxygens (including phenoxy) is 3. The summed E-state index contributed by atoms with van der Waals surface area (Å²) in [7, 11) is 0. The normalized spacial score (nSPS) is 12.1. The van der Waals surface area contributed by atoms with Crippen molar-refractivity contribution in [2.45, 2.75) is 219 Å². The Labute approximate surface area is 303 Å². The first kappa shape index (κ1) is 46.9. The molecular weight excluding hydrogens is 612 g/mol. The summed E-state index contributed by atoms with van der Waals surface area (Å²) in [5.41, 5.74) is 0. The highest BCUT2D eigenvalue weighted by Gasteiger charge is 2.19. The molecule has 0 heterocycles. The van der Waals surface area contributed by atoms with Gasteiger partial charge in [-0.25, -0.2) is 0 Å². The molecule has 6 nitrogen and oxygen atoms in total. The van der Waals surface area contributed by atoms with Crippen LogP contribution in [-0.4, -0.2) is 37.2 Å². The molecule has 0 N–H and O–H groups in total. The molecule has 0 radical (unpaired) electrons. The maximum Gasteiger partial charge on any atom is 0.306 e. The fraction of sp³-hybridized carbons (Fsp3) is 0.837. The number of rotatable bonds is 37. The van der Waals surface area contributed by atoms with Gasteiger partial charge in [-0.05, 0) is 64.2 Å². The predicted octanol–water partition coefficient (Wildman–Crippen LogP) is 12.9. The first-order chi connectivity index (χ1) is 24.0. The van der Waals surface area contributed by atoms with Crippen molar-refractivity contribution in [3.8, 4) is 0 Å². The van der Waals surface area contributed by atoms with Gasteiger partial charge in [0, 0.05) is 19.3 Å².